The van der Waals surface area contributed by atoms with E-state index in [1.54, 1.807) is 6.20 Å². The molecule has 1 saturated heterocycles. The molecule has 1 aromatic carbocycles. The summed E-state index contributed by atoms with van der Waals surface area (Å²) in [4.78, 5) is 21.7. The molecule has 6 nitrogen and oxygen atoms in total. The second-order valence-electron chi connectivity index (χ2n) is 7.11. The Morgan fingerprint density at radius 2 is 2.23 bits per heavy atom. The topological polar surface area (TPSA) is 70.2 Å². The van der Waals surface area contributed by atoms with E-state index in [4.69, 9.17) is 4.74 Å². The zero-order chi connectivity index (χ0) is 18.0. The Hall–Kier alpha value is -2.60. The quantitative estimate of drug-likeness (QED) is 0.830. The number of carbonyl (C=O) groups is 1. The van der Waals surface area contributed by atoms with Crippen LogP contribution in [-0.4, -0.2) is 46.0 Å². The monoisotopic (exact) mass is 352 g/mol. The number of nitrogens with one attached hydrogen (secondary N) is 2. The van der Waals surface area contributed by atoms with E-state index in [0.29, 0.717) is 5.69 Å². The molecule has 0 aliphatic carbocycles. The SMILES string of the molecule is C=CCN1CCC2(CC1)CC(NC(=O)c1cnc[nH]1)c1ccccc1O2. The van der Waals surface area contributed by atoms with Crippen LogP contribution in [0.15, 0.2) is 49.4 Å². The van der Waals surface area contributed by atoms with E-state index in [-0.39, 0.29) is 17.6 Å². The molecule has 2 aliphatic heterocycles. The fourth-order valence-electron chi connectivity index (χ4n) is 3.99. The Labute approximate surface area is 153 Å². The number of piperidine rings is 1. The lowest BCUT2D eigenvalue weighted by atomic mass is 9.80. The van der Waals surface area contributed by atoms with Crippen LogP contribution in [-0.2, 0) is 0 Å². The van der Waals surface area contributed by atoms with Crippen LogP contribution in [0.25, 0.3) is 0 Å². The predicted octanol–water partition coefficient (Wildman–Crippen LogP) is 2.68. The molecule has 1 amide bonds. The minimum absolute atomic E-state index is 0.0679. The van der Waals surface area contributed by atoms with Gasteiger partial charge in [0.2, 0.25) is 0 Å². The summed E-state index contributed by atoms with van der Waals surface area (Å²) >= 11 is 0. The molecule has 2 N–H and O–H groups in total. The normalized spacial score (nSPS) is 21.6. The van der Waals surface area contributed by atoms with E-state index < -0.39 is 0 Å². The number of hydrogen-bond acceptors (Lipinski definition) is 4. The van der Waals surface area contributed by atoms with Gasteiger partial charge in [0, 0.05) is 31.6 Å². The van der Waals surface area contributed by atoms with Crippen molar-refractivity contribution in [3.63, 3.8) is 0 Å². The van der Waals surface area contributed by atoms with Crippen molar-refractivity contribution in [1.82, 2.24) is 20.2 Å². The minimum atomic E-state index is -0.224. The summed E-state index contributed by atoms with van der Waals surface area (Å²) in [6.07, 6.45) is 7.69. The summed E-state index contributed by atoms with van der Waals surface area (Å²) in [7, 11) is 0. The fourth-order valence-corrected chi connectivity index (χ4v) is 3.99. The molecule has 1 spiro atoms. The molecule has 1 atom stereocenters. The number of aromatic nitrogens is 2. The standard InChI is InChI=1S/C20H24N4O2/c1-2-9-24-10-7-20(8-11-24)12-16(15-5-3-4-6-18(15)26-20)23-19(25)17-13-21-14-22-17/h2-6,13-14,16H,1,7-12H2,(H,21,22)(H,23,25). The van der Waals surface area contributed by atoms with Crippen molar-refractivity contribution >= 4 is 5.91 Å². The largest absolute Gasteiger partial charge is 0.487 e. The number of ether oxygens (including phenoxy) is 1. The van der Waals surface area contributed by atoms with Gasteiger partial charge in [-0.3, -0.25) is 9.69 Å². The predicted molar refractivity (Wildman–Crippen MR) is 99.1 cm³/mol. The van der Waals surface area contributed by atoms with Gasteiger partial charge in [0.05, 0.1) is 18.6 Å². The Balaban J connectivity index is 1.56. The highest BCUT2D eigenvalue weighted by atomic mass is 16.5. The Morgan fingerprint density at radius 1 is 1.42 bits per heavy atom. The van der Waals surface area contributed by atoms with Crippen LogP contribution in [0, 0.1) is 0 Å². The van der Waals surface area contributed by atoms with Gasteiger partial charge in [-0.25, -0.2) is 4.98 Å². The van der Waals surface area contributed by atoms with Crippen LogP contribution in [0.1, 0.15) is 41.4 Å². The van der Waals surface area contributed by atoms with Gasteiger partial charge < -0.3 is 15.0 Å². The van der Waals surface area contributed by atoms with Crippen molar-refractivity contribution in [3.05, 3.63) is 60.7 Å². The summed E-state index contributed by atoms with van der Waals surface area (Å²) in [5.41, 5.74) is 1.29. The number of H-pyrrole nitrogens is 1. The smallest absolute Gasteiger partial charge is 0.269 e. The lowest BCUT2D eigenvalue weighted by Gasteiger charge is -2.46. The van der Waals surface area contributed by atoms with Crippen LogP contribution >= 0.6 is 0 Å². The second-order valence-corrected chi connectivity index (χ2v) is 7.11. The first-order valence-corrected chi connectivity index (χ1v) is 9.09. The van der Waals surface area contributed by atoms with Crippen LogP contribution in [0.2, 0.25) is 0 Å². The number of aromatic amines is 1. The Bertz CT molecular complexity index is 779. The molecule has 1 unspecified atom stereocenters. The number of nitrogens with zero attached hydrogens (tertiary/aromatic N) is 2. The number of amides is 1. The van der Waals surface area contributed by atoms with Gasteiger partial charge in [0.25, 0.3) is 5.91 Å². The van der Waals surface area contributed by atoms with Crippen LogP contribution in [0.5, 0.6) is 5.75 Å². The number of benzene rings is 1. The van der Waals surface area contributed by atoms with E-state index in [1.165, 1.54) is 6.33 Å². The van der Waals surface area contributed by atoms with Gasteiger partial charge in [-0.2, -0.15) is 0 Å². The molecule has 26 heavy (non-hydrogen) atoms. The van der Waals surface area contributed by atoms with Crippen LogP contribution < -0.4 is 10.1 Å². The Kier molecular flexibility index (Phi) is 4.51. The molecule has 2 aromatic rings. The van der Waals surface area contributed by atoms with E-state index in [0.717, 1.165) is 50.2 Å². The maximum Gasteiger partial charge on any atom is 0.269 e. The molecule has 6 heteroatoms. The van der Waals surface area contributed by atoms with Crippen molar-refractivity contribution in [2.45, 2.75) is 30.9 Å². The van der Waals surface area contributed by atoms with Gasteiger partial charge in [-0.15, -0.1) is 6.58 Å². The van der Waals surface area contributed by atoms with Crippen molar-refractivity contribution in [2.75, 3.05) is 19.6 Å². The number of fused-ring (bicyclic) bond motifs is 1. The number of imidazole rings is 1. The van der Waals surface area contributed by atoms with Crippen LogP contribution in [0.3, 0.4) is 0 Å². The highest BCUT2D eigenvalue weighted by Gasteiger charge is 2.43. The average molecular weight is 352 g/mol. The summed E-state index contributed by atoms with van der Waals surface area (Å²) in [5.74, 6) is 0.745. The zero-order valence-electron chi connectivity index (χ0n) is 14.8. The second kappa shape index (κ2) is 6.96. The molecule has 4 rings (SSSR count). The van der Waals surface area contributed by atoms with Crippen LogP contribution in [0.4, 0.5) is 0 Å². The fraction of sp³-hybridized carbons (Fsp3) is 0.400. The van der Waals surface area contributed by atoms with Crippen molar-refractivity contribution in [3.8, 4) is 5.75 Å². The first-order valence-electron chi connectivity index (χ1n) is 9.09. The van der Waals surface area contributed by atoms with E-state index >= 15 is 0 Å². The van der Waals surface area contributed by atoms with E-state index in [9.17, 15) is 4.79 Å². The van der Waals surface area contributed by atoms with Gasteiger partial charge >= 0.3 is 0 Å². The van der Waals surface area contributed by atoms with E-state index in [1.807, 2.05) is 30.3 Å². The maximum absolute atomic E-state index is 12.5. The van der Waals surface area contributed by atoms with Gasteiger partial charge in [0.15, 0.2) is 0 Å². The third-order valence-corrected chi connectivity index (χ3v) is 5.40. The van der Waals surface area contributed by atoms with Gasteiger partial charge in [0.1, 0.15) is 17.0 Å². The number of hydrogen-bond donors (Lipinski definition) is 2. The molecule has 1 fully saturated rings. The number of rotatable bonds is 4. The Morgan fingerprint density at radius 3 is 2.96 bits per heavy atom. The molecule has 2 aliphatic rings. The molecule has 0 saturated carbocycles. The highest BCUT2D eigenvalue weighted by molar-refractivity contribution is 5.92. The molecular weight excluding hydrogens is 328 g/mol. The van der Waals surface area contributed by atoms with Crippen molar-refractivity contribution in [1.29, 1.82) is 0 Å². The van der Waals surface area contributed by atoms with Crippen molar-refractivity contribution in [2.24, 2.45) is 0 Å². The maximum atomic E-state index is 12.5. The molecule has 0 bridgehead atoms. The first-order chi connectivity index (χ1) is 12.7. The summed E-state index contributed by atoms with van der Waals surface area (Å²) in [6.45, 7) is 6.70. The molecular formula is C20H24N4O2. The lowest BCUT2D eigenvalue weighted by molar-refractivity contribution is -0.0223. The third-order valence-electron chi connectivity index (χ3n) is 5.40. The zero-order valence-corrected chi connectivity index (χ0v) is 14.8. The average Bonchev–Trinajstić information content (AvgIpc) is 3.19. The lowest BCUT2D eigenvalue weighted by Crippen LogP contribution is -2.52. The number of carbonyl (C=O) groups excluding carboxylic acids is 1. The summed E-state index contributed by atoms with van der Waals surface area (Å²) in [6, 6.07) is 7.94. The molecule has 0 radical (unpaired) electrons. The molecule has 1 aromatic heterocycles. The highest BCUT2D eigenvalue weighted by Crippen LogP contribution is 2.44. The summed E-state index contributed by atoms with van der Waals surface area (Å²) < 4.78 is 6.47. The third kappa shape index (κ3) is 3.24. The molecule has 3 heterocycles. The number of likely N-dealkylation sites (tertiary alicyclic amines) is 1. The van der Waals surface area contributed by atoms with E-state index in [2.05, 4.69) is 26.8 Å². The summed E-state index contributed by atoms with van der Waals surface area (Å²) in [5, 5.41) is 3.17. The number of para-hydroxylation sites is 1. The van der Waals surface area contributed by atoms with Crippen molar-refractivity contribution < 1.29 is 9.53 Å². The first kappa shape index (κ1) is 16.8. The van der Waals surface area contributed by atoms with Gasteiger partial charge in [-0.05, 0) is 18.9 Å². The molecule has 136 valence electrons. The minimum Gasteiger partial charge on any atom is -0.487 e. The van der Waals surface area contributed by atoms with Gasteiger partial charge in [-0.1, -0.05) is 24.3 Å².